The lowest BCUT2D eigenvalue weighted by molar-refractivity contribution is 0.426. The first-order valence-electron chi connectivity index (χ1n) is 7.16. The Kier molecular flexibility index (Phi) is 3.88. The molecule has 0 N–H and O–H groups in total. The number of aryl methyl sites for hydroxylation is 1. The molecule has 0 amide bonds. The van der Waals surface area contributed by atoms with Crippen LogP contribution >= 0.6 is 11.3 Å². The summed E-state index contributed by atoms with van der Waals surface area (Å²) in [6.07, 6.45) is 7.38. The fourth-order valence-electron chi connectivity index (χ4n) is 2.44. The molecule has 1 atom stereocenters. The second kappa shape index (κ2) is 5.81. The molecule has 110 valence electrons. The summed E-state index contributed by atoms with van der Waals surface area (Å²) in [6.45, 7) is 4.81. The molecule has 0 radical (unpaired) electrons. The highest BCUT2D eigenvalue weighted by atomic mass is 32.1. The number of aromatic nitrogens is 4. The van der Waals surface area contributed by atoms with Crippen LogP contribution in [-0.4, -0.2) is 19.3 Å². The molecule has 3 aromatic heterocycles. The largest absolute Gasteiger partial charge is 0.294 e. The lowest BCUT2D eigenvalue weighted by Crippen LogP contribution is -2.26. The van der Waals surface area contributed by atoms with E-state index in [4.69, 9.17) is 0 Å². The van der Waals surface area contributed by atoms with Crippen molar-refractivity contribution in [1.29, 1.82) is 0 Å². The Bertz CT molecular complexity index is 788. The number of hydrogen-bond donors (Lipinski definition) is 0. The predicted octanol–water partition coefficient (Wildman–Crippen LogP) is 2.87. The quantitative estimate of drug-likeness (QED) is 0.728. The van der Waals surface area contributed by atoms with Crippen LogP contribution in [0.2, 0.25) is 0 Å². The minimum absolute atomic E-state index is 0.0174. The second-order valence-corrected chi connectivity index (χ2v) is 6.33. The first kappa shape index (κ1) is 14.0. The van der Waals surface area contributed by atoms with E-state index < -0.39 is 0 Å². The minimum atomic E-state index is 0.0174. The minimum Gasteiger partial charge on any atom is -0.294 e. The van der Waals surface area contributed by atoms with Crippen molar-refractivity contribution in [3.8, 4) is 0 Å². The monoisotopic (exact) mass is 302 g/mol. The molecule has 0 saturated carbocycles. The third kappa shape index (κ3) is 2.76. The third-order valence-corrected chi connectivity index (χ3v) is 4.61. The highest BCUT2D eigenvalue weighted by Crippen LogP contribution is 2.22. The van der Waals surface area contributed by atoms with Crippen molar-refractivity contribution >= 4 is 21.6 Å². The van der Waals surface area contributed by atoms with E-state index in [0.717, 1.165) is 23.1 Å². The molecule has 0 bridgehead atoms. The van der Waals surface area contributed by atoms with Crippen molar-refractivity contribution in [3.63, 3.8) is 0 Å². The predicted molar refractivity (Wildman–Crippen MR) is 84.8 cm³/mol. The van der Waals surface area contributed by atoms with Crippen LogP contribution in [0.5, 0.6) is 0 Å². The van der Waals surface area contributed by atoms with Crippen LogP contribution in [0.1, 0.15) is 31.2 Å². The SMILES string of the molecule is CCCc1cc2c(=O)n([C@@H](C)Cn3cccn3)cnc2s1. The van der Waals surface area contributed by atoms with Crippen molar-refractivity contribution < 1.29 is 0 Å². The van der Waals surface area contributed by atoms with Crippen molar-refractivity contribution in [2.45, 2.75) is 39.3 Å². The molecule has 0 unspecified atom stereocenters. The third-order valence-electron chi connectivity index (χ3n) is 3.51. The summed E-state index contributed by atoms with van der Waals surface area (Å²) in [5, 5.41) is 4.92. The lowest BCUT2D eigenvalue weighted by Gasteiger charge is -2.14. The Balaban J connectivity index is 1.95. The molecule has 0 aliphatic carbocycles. The molecule has 0 aliphatic rings. The molecule has 5 nitrogen and oxygen atoms in total. The molecule has 3 heterocycles. The zero-order chi connectivity index (χ0) is 14.8. The summed E-state index contributed by atoms with van der Waals surface area (Å²) in [7, 11) is 0. The number of hydrogen-bond acceptors (Lipinski definition) is 4. The van der Waals surface area contributed by atoms with Crippen LogP contribution in [0.15, 0.2) is 35.6 Å². The van der Waals surface area contributed by atoms with Gasteiger partial charge in [-0.3, -0.25) is 14.0 Å². The zero-order valence-corrected chi connectivity index (χ0v) is 13.0. The standard InChI is InChI=1S/C15H18N4OS/c1-3-5-12-8-13-14(21-12)16-10-19(15(13)20)11(2)9-18-7-4-6-17-18/h4,6-8,10-11H,3,5,9H2,1-2H3/t11-/m0/s1. The maximum absolute atomic E-state index is 12.6. The molecule has 6 heteroatoms. The summed E-state index contributed by atoms with van der Waals surface area (Å²) < 4.78 is 3.53. The second-order valence-electron chi connectivity index (χ2n) is 5.22. The molecule has 0 fully saturated rings. The van der Waals surface area contributed by atoms with E-state index in [2.05, 4.69) is 17.0 Å². The van der Waals surface area contributed by atoms with E-state index in [1.165, 1.54) is 4.88 Å². The maximum Gasteiger partial charge on any atom is 0.262 e. The van der Waals surface area contributed by atoms with Crippen LogP contribution in [0, 0.1) is 0 Å². The number of fused-ring (bicyclic) bond motifs is 1. The molecular weight excluding hydrogens is 284 g/mol. The molecule has 3 rings (SSSR count). The summed E-state index contributed by atoms with van der Waals surface area (Å²) in [4.78, 5) is 19.1. The van der Waals surface area contributed by atoms with Gasteiger partial charge in [-0.1, -0.05) is 13.3 Å². The Hall–Kier alpha value is -1.95. The fourth-order valence-corrected chi connectivity index (χ4v) is 3.52. The van der Waals surface area contributed by atoms with Crippen molar-refractivity contribution in [1.82, 2.24) is 19.3 Å². The van der Waals surface area contributed by atoms with E-state index in [1.807, 2.05) is 29.9 Å². The van der Waals surface area contributed by atoms with E-state index in [1.54, 1.807) is 28.4 Å². The van der Waals surface area contributed by atoms with Crippen molar-refractivity contribution in [2.75, 3.05) is 0 Å². The molecular formula is C15H18N4OS. The van der Waals surface area contributed by atoms with Gasteiger partial charge in [-0.2, -0.15) is 5.10 Å². The van der Waals surface area contributed by atoms with Gasteiger partial charge in [-0.15, -0.1) is 11.3 Å². The summed E-state index contributed by atoms with van der Waals surface area (Å²) in [6, 6.07) is 3.90. The summed E-state index contributed by atoms with van der Waals surface area (Å²) in [5.41, 5.74) is 0.0401. The number of rotatable bonds is 5. The van der Waals surface area contributed by atoms with Gasteiger partial charge in [0.25, 0.3) is 5.56 Å². The van der Waals surface area contributed by atoms with E-state index in [0.29, 0.717) is 6.54 Å². The van der Waals surface area contributed by atoms with Crippen LogP contribution < -0.4 is 5.56 Å². The zero-order valence-electron chi connectivity index (χ0n) is 12.2. The van der Waals surface area contributed by atoms with Crippen LogP contribution in [0.25, 0.3) is 10.2 Å². The van der Waals surface area contributed by atoms with Crippen LogP contribution in [-0.2, 0) is 13.0 Å². The highest BCUT2D eigenvalue weighted by molar-refractivity contribution is 7.18. The smallest absolute Gasteiger partial charge is 0.262 e. The Morgan fingerprint density at radius 1 is 1.43 bits per heavy atom. The summed E-state index contributed by atoms with van der Waals surface area (Å²) in [5.74, 6) is 0. The average molecular weight is 302 g/mol. The molecule has 21 heavy (non-hydrogen) atoms. The van der Waals surface area contributed by atoms with Crippen LogP contribution in [0.3, 0.4) is 0 Å². The molecule has 3 aromatic rings. The highest BCUT2D eigenvalue weighted by Gasteiger charge is 2.13. The molecule has 0 saturated heterocycles. The fraction of sp³-hybridized carbons (Fsp3) is 0.400. The number of thiophene rings is 1. The van der Waals surface area contributed by atoms with Crippen molar-refractivity contribution in [2.24, 2.45) is 0 Å². The van der Waals surface area contributed by atoms with Gasteiger partial charge < -0.3 is 0 Å². The average Bonchev–Trinajstić information content (AvgIpc) is 3.09. The van der Waals surface area contributed by atoms with Gasteiger partial charge in [-0.05, 0) is 25.5 Å². The molecule has 0 aromatic carbocycles. The van der Waals surface area contributed by atoms with Gasteiger partial charge in [-0.25, -0.2) is 4.98 Å². The van der Waals surface area contributed by atoms with E-state index in [-0.39, 0.29) is 11.6 Å². The topological polar surface area (TPSA) is 52.7 Å². The van der Waals surface area contributed by atoms with E-state index >= 15 is 0 Å². The Morgan fingerprint density at radius 2 is 2.29 bits per heavy atom. The lowest BCUT2D eigenvalue weighted by atomic mass is 10.2. The van der Waals surface area contributed by atoms with Crippen molar-refractivity contribution in [3.05, 3.63) is 46.1 Å². The van der Waals surface area contributed by atoms with Gasteiger partial charge in [0.1, 0.15) is 4.83 Å². The normalized spacial score (nSPS) is 12.9. The first-order valence-corrected chi connectivity index (χ1v) is 7.97. The van der Waals surface area contributed by atoms with E-state index in [9.17, 15) is 4.79 Å². The van der Waals surface area contributed by atoms with Crippen LogP contribution in [0.4, 0.5) is 0 Å². The van der Waals surface area contributed by atoms with Gasteiger partial charge in [0.15, 0.2) is 0 Å². The molecule has 0 spiro atoms. The maximum atomic E-state index is 12.6. The number of nitrogens with zero attached hydrogens (tertiary/aromatic N) is 4. The van der Waals surface area contributed by atoms with Gasteiger partial charge in [0.2, 0.25) is 0 Å². The van der Waals surface area contributed by atoms with Gasteiger partial charge >= 0.3 is 0 Å². The van der Waals surface area contributed by atoms with Gasteiger partial charge in [0, 0.05) is 17.3 Å². The summed E-state index contributed by atoms with van der Waals surface area (Å²) >= 11 is 1.62. The first-order chi connectivity index (χ1) is 10.2. The van der Waals surface area contributed by atoms with Gasteiger partial charge in [0.05, 0.1) is 24.3 Å². The molecule has 0 aliphatic heterocycles. The Labute approximate surface area is 126 Å². The Morgan fingerprint density at radius 3 is 3.00 bits per heavy atom.